The average Bonchev–Trinajstić information content (AvgIpc) is 3.57. The van der Waals surface area contributed by atoms with E-state index in [2.05, 4.69) is 20.2 Å². The molecule has 0 atom stereocenters. The van der Waals surface area contributed by atoms with E-state index in [-0.39, 0.29) is 46.6 Å². The van der Waals surface area contributed by atoms with E-state index in [1.54, 1.807) is 81.6 Å². The fraction of sp³-hybridized carbons (Fsp3) is 0.111. The normalized spacial score (nSPS) is 11.0. The van der Waals surface area contributed by atoms with Gasteiger partial charge in [-0.05, 0) is 92.2 Å². The third-order valence-corrected chi connectivity index (χ3v) is 7.85. The van der Waals surface area contributed by atoms with Crippen molar-refractivity contribution in [2.75, 3.05) is 7.11 Å². The van der Waals surface area contributed by atoms with Crippen molar-refractivity contribution in [3.8, 4) is 40.4 Å². The summed E-state index contributed by atoms with van der Waals surface area (Å²) in [6, 6.07) is 23.3. The van der Waals surface area contributed by atoms with Crippen LogP contribution in [-0.2, 0) is 23.4 Å². The number of nitrogens with zero attached hydrogens (tertiary/aromatic N) is 6. The molecular weight excluding hydrogens is 742 g/mol. The van der Waals surface area contributed by atoms with Crippen LogP contribution in [0.5, 0.6) is 29.0 Å². The molecule has 15 heteroatoms. The van der Waals surface area contributed by atoms with Gasteiger partial charge in [0.15, 0.2) is 0 Å². The summed E-state index contributed by atoms with van der Waals surface area (Å²) in [5, 5.41) is 59.2. The zero-order valence-corrected chi connectivity index (χ0v) is 29.9. The molecule has 0 saturated carbocycles. The van der Waals surface area contributed by atoms with E-state index in [0.29, 0.717) is 61.1 Å². The number of phenolic OH excluding ortho intramolecular Hbond substituents is 2. The van der Waals surface area contributed by atoms with Crippen molar-refractivity contribution in [1.82, 2.24) is 19.6 Å². The van der Waals surface area contributed by atoms with Gasteiger partial charge in [0.2, 0.25) is 11.8 Å². The zero-order valence-electron chi connectivity index (χ0n) is 27.4. The number of hydrogen-bond acceptors (Lipinski definition) is 10. The monoisotopic (exact) mass is 773 g/mol. The summed E-state index contributed by atoms with van der Waals surface area (Å²) < 4.78 is 7.92. The van der Waals surface area contributed by atoms with Crippen LogP contribution in [0.3, 0.4) is 0 Å². The number of hydrogen-bond donors (Lipinski definition) is 5. The molecule has 1 radical (unpaired) electrons. The van der Waals surface area contributed by atoms with Crippen molar-refractivity contribution in [2.24, 2.45) is 9.98 Å². The molecule has 0 aliphatic rings. The molecular formula is C36H32Cl2CoN6O6. The number of rotatable bonds is 8. The number of aliphatic hydroxyl groups is 1. The Balaban J connectivity index is 0.000000224. The SMILES string of the molecule is COc1ccc(-n2nc(C)c(C=Nc3cc(Cl)ccc3O)c2O)cc1.Cc1nn(-c2ccc(CO)cc2)c(O)c1C=Nc1cc(Cl)ccc1O.[Co]. The third-order valence-electron chi connectivity index (χ3n) is 7.38. The van der Waals surface area contributed by atoms with E-state index in [9.17, 15) is 20.4 Å². The van der Waals surface area contributed by atoms with E-state index in [1.165, 1.54) is 46.1 Å². The standard InChI is InChI=1S/2C18H16ClN3O3.Co/c1-11-15(10-20-16-9-12(19)3-8-17(16)23)18(24)22(21-11)13-4-6-14(25-2)7-5-13;1-11-15(9-20-16-8-13(19)4-7-17(16)24)18(25)22(21-11)14-5-2-12(10-23)3-6-14;/h3-10,23-24H,1-2H3;2-9,23-25H,10H2,1H3;. The van der Waals surface area contributed by atoms with Crippen LogP contribution in [0.4, 0.5) is 11.4 Å². The number of aryl methyl sites for hydroxylation is 2. The zero-order chi connectivity index (χ0) is 35.9. The molecule has 6 aromatic rings. The molecule has 2 heterocycles. The van der Waals surface area contributed by atoms with Gasteiger partial charge < -0.3 is 30.3 Å². The number of ether oxygens (including phenoxy) is 1. The fourth-order valence-electron chi connectivity index (χ4n) is 4.65. The van der Waals surface area contributed by atoms with Gasteiger partial charge >= 0.3 is 0 Å². The molecule has 12 nitrogen and oxygen atoms in total. The Morgan fingerprint density at radius 1 is 0.667 bits per heavy atom. The topological polar surface area (TPSA) is 171 Å². The molecule has 2 aromatic heterocycles. The minimum atomic E-state index is -0.0699. The Kier molecular flexibility index (Phi) is 12.9. The Labute approximate surface area is 313 Å². The fourth-order valence-corrected chi connectivity index (χ4v) is 4.98. The van der Waals surface area contributed by atoms with Crippen LogP contribution < -0.4 is 4.74 Å². The molecule has 0 fully saturated rings. The smallest absolute Gasteiger partial charge is 0.223 e. The summed E-state index contributed by atoms with van der Waals surface area (Å²) in [4.78, 5) is 8.39. The minimum Gasteiger partial charge on any atom is -0.506 e. The second-order valence-electron chi connectivity index (χ2n) is 10.8. The van der Waals surface area contributed by atoms with Crippen molar-refractivity contribution in [2.45, 2.75) is 20.5 Å². The van der Waals surface area contributed by atoms with Gasteiger partial charge in [-0.2, -0.15) is 10.2 Å². The number of aromatic hydroxyl groups is 4. The molecule has 6 rings (SSSR count). The van der Waals surface area contributed by atoms with E-state index in [4.69, 9.17) is 33.0 Å². The van der Waals surface area contributed by atoms with Gasteiger partial charge in [-0.15, -0.1) is 0 Å². The minimum absolute atomic E-state index is 0. The first kappa shape index (κ1) is 38.5. The molecule has 265 valence electrons. The van der Waals surface area contributed by atoms with E-state index < -0.39 is 0 Å². The third kappa shape index (κ3) is 9.08. The van der Waals surface area contributed by atoms with Crippen LogP contribution in [-0.4, -0.2) is 64.6 Å². The molecule has 51 heavy (non-hydrogen) atoms. The average molecular weight is 775 g/mol. The Morgan fingerprint density at radius 2 is 1.08 bits per heavy atom. The number of halogens is 2. The molecule has 0 unspecified atom stereocenters. The Hall–Kier alpha value is -5.31. The first-order valence-electron chi connectivity index (χ1n) is 15.0. The summed E-state index contributed by atoms with van der Waals surface area (Å²) in [6.45, 7) is 3.46. The van der Waals surface area contributed by atoms with Gasteiger partial charge in [-0.25, -0.2) is 9.36 Å². The summed E-state index contributed by atoms with van der Waals surface area (Å²) in [5.74, 6) is 0.586. The van der Waals surface area contributed by atoms with Crippen molar-refractivity contribution < 1.29 is 47.0 Å². The maximum Gasteiger partial charge on any atom is 0.223 e. The van der Waals surface area contributed by atoms with Crippen LogP contribution in [0.15, 0.2) is 94.9 Å². The second-order valence-corrected chi connectivity index (χ2v) is 11.6. The van der Waals surface area contributed by atoms with Crippen molar-refractivity contribution in [1.29, 1.82) is 0 Å². The summed E-state index contributed by atoms with van der Waals surface area (Å²) in [7, 11) is 1.59. The molecule has 4 aromatic carbocycles. The largest absolute Gasteiger partial charge is 0.506 e. The predicted octanol–water partition coefficient (Wildman–Crippen LogP) is 7.49. The maximum atomic E-state index is 10.5. The molecule has 0 aliphatic carbocycles. The predicted molar refractivity (Wildman–Crippen MR) is 193 cm³/mol. The number of methoxy groups -OCH3 is 1. The van der Waals surface area contributed by atoms with Gasteiger partial charge in [-0.3, -0.25) is 9.98 Å². The van der Waals surface area contributed by atoms with Crippen LogP contribution >= 0.6 is 23.2 Å². The number of phenols is 2. The molecule has 0 saturated heterocycles. The quantitative estimate of drug-likeness (QED) is 0.0991. The second kappa shape index (κ2) is 17.1. The van der Waals surface area contributed by atoms with Crippen LogP contribution in [0, 0.1) is 13.8 Å². The molecule has 5 N–H and O–H groups in total. The van der Waals surface area contributed by atoms with Crippen LogP contribution in [0.1, 0.15) is 28.1 Å². The first-order chi connectivity index (χ1) is 24.0. The van der Waals surface area contributed by atoms with E-state index in [1.807, 2.05) is 0 Å². The number of aliphatic imine (C=N–C) groups is 2. The van der Waals surface area contributed by atoms with Gasteiger partial charge in [0.25, 0.3) is 0 Å². The summed E-state index contributed by atoms with van der Waals surface area (Å²) >= 11 is 11.8. The molecule has 0 amide bonds. The number of benzene rings is 4. The van der Waals surface area contributed by atoms with E-state index >= 15 is 0 Å². The number of aromatic nitrogens is 4. The summed E-state index contributed by atoms with van der Waals surface area (Å²) in [5.41, 5.74) is 4.78. The van der Waals surface area contributed by atoms with Gasteiger partial charge in [-0.1, -0.05) is 35.3 Å². The molecule has 0 aliphatic heterocycles. The van der Waals surface area contributed by atoms with Crippen molar-refractivity contribution in [3.05, 3.63) is 123 Å². The van der Waals surface area contributed by atoms with Crippen LogP contribution in [0.25, 0.3) is 11.4 Å². The van der Waals surface area contributed by atoms with Gasteiger partial charge in [0.05, 0.1) is 47.6 Å². The summed E-state index contributed by atoms with van der Waals surface area (Å²) in [6.07, 6.45) is 2.88. The van der Waals surface area contributed by atoms with Crippen molar-refractivity contribution in [3.63, 3.8) is 0 Å². The number of aliphatic hydroxyl groups excluding tert-OH is 1. The van der Waals surface area contributed by atoms with E-state index in [0.717, 1.165) is 5.56 Å². The van der Waals surface area contributed by atoms with Crippen molar-refractivity contribution >= 4 is 47.0 Å². The van der Waals surface area contributed by atoms with Crippen LogP contribution in [0.2, 0.25) is 10.0 Å². The Bertz CT molecular complexity index is 2030. The van der Waals surface area contributed by atoms with Gasteiger partial charge in [0.1, 0.15) is 28.6 Å². The first-order valence-corrected chi connectivity index (χ1v) is 15.7. The van der Waals surface area contributed by atoms with Gasteiger partial charge in [0, 0.05) is 39.3 Å². The maximum absolute atomic E-state index is 10.5. The Morgan fingerprint density at radius 3 is 1.47 bits per heavy atom. The molecule has 0 bridgehead atoms. The molecule has 0 spiro atoms.